The van der Waals surface area contributed by atoms with Crippen LogP contribution in [0.2, 0.25) is 0 Å². The SMILES string of the molecule is c1ccc2c(c1)CCC1CCCNC21. The Morgan fingerprint density at radius 2 is 2.07 bits per heavy atom. The molecule has 0 amide bonds. The van der Waals surface area contributed by atoms with Crippen molar-refractivity contribution < 1.29 is 0 Å². The molecule has 1 aromatic carbocycles. The minimum atomic E-state index is 0.661. The predicted molar refractivity (Wildman–Crippen MR) is 58.2 cm³/mol. The molecule has 1 nitrogen and oxygen atoms in total. The van der Waals surface area contributed by atoms with Crippen molar-refractivity contribution in [2.75, 3.05) is 6.54 Å². The van der Waals surface area contributed by atoms with E-state index in [4.69, 9.17) is 0 Å². The Bertz CT molecular complexity index is 332. The second-order valence-electron chi connectivity index (χ2n) is 4.57. The summed E-state index contributed by atoms with van der Waals surface area (Å²) in [5, 5.41) is 3.68. The van der Waals surface area contributed by atoms with Crippen LogP contribution in [0.4, 0.5) is 0 Å². The first kappa shape index (κ1) is 8.49. The van der Waals surface area contributed by atoms with Crippen LogP contribution in [0.3, 0.4) is 0 Å². The molecule has 0 bridgehead atoms. The van der Waals surface area contributed by atoms with Crippen molar-refractivity contribution in [3.05, 3.63) is 35.4 Å². The lowest BCUT2D eigenvalue weighted by molar-refractivity contribution is 0.255. The fraction of sp³-hybridized carbons (Fsp3) is 0.538. The molecule has 3 rings (SSSR count). The Morgan fingerprint density at radius 1 is 1.14 bits per heavy atom. The highest BCUT2D eigenvalue weighted by Gasteiger charge is 2.30. The third-order valence-corrected chi connectivity index (χ3v) is 3.76. The fourth-order valence-corrected chi connectivity index (χ4v) is 3.04. The van der Waals surface area contributed by atoms with Crippen molar-refractivity contribution in [1.82, 2.24) is 5.32 Å². The van der Waals surface area contributed by atoms with Crippen LogP contribution in [0.15, 0.2) is 24.3 Å². The Morgan fingerprint density at radius 3 is 3.07 bits per heavy atom. The lowest BCUT2D eigenvalue weighted by Crippen LogP contribution is -2.37. The molecule has 1 heteroatoms. The molecular weight excluding hydrogens is 170 g/mol. The maximum absolute atomic E-state index is 3.68. The second kappa shape index (κ2) is 3.39. The van der Waals surface area contributed by atoms with Crippen LogP contribution in [-0.2, 0) is 6.42 Å². The van der Waals surface area contributed by atoms with Crippen molar-refractivity contribution in [3.8, 4) is 0 Å². The van der Waals surface area contributed by atoms with E-state index in [2.05, 4.69) is 29.6 Å². The zero-order valence-electron chi connectivity index (χ0n) is 8.50. The Labute approximate surface area is 85.5 Å². The zero-order chi connectivity index (χ0) is 9.38. The quantitative estimate of drug-likeness (QED) is 0.658. The molecule has 14 heavy (non-hydrogen) atoms. The monoisotopic (exact) mass is 187 g/mol. The van der Waals surface area contributed by atoms with Gasteiger partial charge >= 0.3 is 0 Å². The number of rotatable bonds is 0. The van der Waals surface area contributed by atoms with Crippen molar-refractivity contribution in [3.63, 3.8) is 0 Å². The molecular formula is C13H17N. The van der Waals surface area contributed by atoms with E-state index in [1.165, 1.54) is 32.2 Å². The largest absolute Gasteiger partial charge is 0.310 e. The van der Waals surface area contributed by atoms with Crippen molar-refractivity contribution in [2.24, 2.45) is 5.92 Å². The lowest BCUT2D eigenvalue weighted by atomic mass is 9.76. The highest BCUT2D eigenvalue weighted by molar-refractivity contribution is 5.33. The fourth-order valence-electron chi connectivity index (χ4n) is 3.04. The van der Waals surface area contributed by atoms with Gasteiger partial charge in [0.2, 0.25) is 0 Å². The van der Waals surface area contributed by atoms with E-state index >= 15 is 0 Å². The van der Waals surface area contributed by atoms with Crippen LogP contribution in [0, 0.1) is 5.92 Å². The molecule has 1 aliphatic carbocycles. The number of hydrogen-bond acceptors (Lipinski definition) is 1. The van der Waals surface area contributed by atoms with Crippen LogP contribution in [0.25, 0.3) is 0 Å². The molecule has 2 unspecified atom stereocenters. The molecule has 1 N–H and O–H groups in total. The van der Waals surface area contributed by atoms with Crippen molar-refractivity contribution in [2.45, 2.75) is 31.7 Å². The van der Waals surface area contributed by atoms with E-state index in [9.17, 15) is 0 Å². The highest BCUT2D eigenvalue weighted by atomic mass is 14.9. The van der Waals surface area contributed by atoms with Gasteiger partial charge in [-0.25, -0.2) is 0 Å². The van der Waals surface area contributed by atoms with Gasteiger partial charge in [0, 0.05) is 6.04 Å². The molecule has 1 aromatic rings. The van der Waals surface area contributed by atoms with Crippen LogP contribution in [-0.4, -0.2) is 6.54 Å². The van der Waals surface area contributed by atoms with Crippen molar-refractivity contribution in [1.29, 1.82) is 0 Å². The summed E-state index contributed by atoms with van der Waals surface area (Å²) in [5.41, 5.74) is 3.15. The summed E-state index contributed by atoms with van der Waals surface area (Å²) in [6.07, 6.45) is 5.46. The predicted octanol–water partition coefficient (Wildman–Crippen LogP) is 2.67. The molecule has 2 atom stereocenters. The normalized spacial score (nSPS) is 30.6. The molecule has 0 aromatic heterocycles. The third kappa shape index (κ3) is 1.27. The van der Waals surface area contributed by atoms with Gasteiger partial charge in [0.15, 0.2) is 0 Å². The van der Waals surface area contributed by atoms with Crippen LogP contribution in [0.5, 0.6) is 0 Å². The number of benzene rings is 1. The van der Waals surface area contributed by atoms with E-state index in [1.807, 2.05) is 0 Å². The van der Waals surface area contributed by atoms with Gasteiger partial charge in [-0.05, 0) is 49.3 Å². The number of nitrogens with one attached hydrogen (secondary N) is 1. The third-order valence-electron chi connectivity index (χ3n) is 3.76. The second-order valence-corrected chi connectivity index (χ2v) is 4.57. The summed E-state index contributed by atoms with van der Waals surface area (Å²) in [6, 6.07) is 9.61. The highest BCUT2D eigenvalue weighted by Crippen LogP contribution is 2.38. The maximum Gasteiger partial charge on any atom is 0.0351 e. The number of aryl methyl sites for hydroxylation is 1. The summed E-state index contributed by atoms with van der Waals surface area (Å²) in [4.78, 5) is 0. The first-order valence-electron chi connectivity index (χ1n) is 5.76. The molecule has 1 fully saturated rings. The van der Waals surface area contributed by atoms with E-state index in [1.54, 1.807) is 11.1 Å². The number of piperidine rings is 1. The summed E-state index contributed by atoms with van der Waals surface area (Å²) in [5.74, 6) is 0.902. The molecule has 1 heterocycles. The van der Waals surface area contributed by atoms with Gasteiger partial charge in [-0.1, -0.05) is 24.3 Å². The summed E-state index contributed by atoms with van der Waals surface area (Å²) in [6.45, 7) is 1.20. The minimum Gasteiger partial charge on any atom is -0.310 e. The van der Waals surface area contributed by atoms with Gasteiger partial charge in [-0.15, -0.1) is 0 Å². The molecule has 2 aliphatic rings. The Kier molecular flexibility index (Phi) is 2.06. The smallest absolute Gasteiger partial charge is 0.0351 e. The first-order chi connectivity index (χ1) is 6.95. The summed E-state index contributed by atoms with van der Waals surface area (Å²) < 4.78 is 0. The average molecular weight is 187 g/mol. The van der Waals surface area contributed by atoms with Crippen LogP contribution in [0.1, 0.15) is 36.4 Å². The molecule has 0 radical (unpaired) electrons. The van der Waals surface area contributed by atoms with Gasteiger partial charge in [0.05, 0.1) is 0 Å². The van der Waals surface area contributed by atoms with Crippen LogP contribution < -0.4 is 5.32 Å². The molecule has 74 valence electrons. The van der Waals surface area contributed by atoms with E-state index < -0.39 is 0 Å². The first-order valence-corrected chi connectivity index (χ1v) is 5.76. The molecule has 0 spiro atoms. The molecule has 1 aliphatic heterocycles. The lowest BCUT2D eigenvalue weighted by Gasteiger charge is -2.37. The van der Waals surface area contributed by atoms with Crippen molar-refractivity contribution >= 4 is 0 Å². The minimum absolute atomic E-state index is 0.661. The van der Waals surface area contributed by atoms with Crippen LogP contribution >= 0.6 is 0 Å². The average Bonchev–Trinajstić information content (AvgIpc) is 2.29. The van der Waals surface area contributed by atoms with Gasteiger partial charge in [0.25, 0.3) is 0 Å². The maximum atomic E-state index is 3.68. The van der Waals surface area contributed by atoms with E-state index in [0.29, 0.717) is 6.04 Å². The molecule has 0 saturated carbocycles. The van der Waals surface area contributed by atoms with E-state index in [-0.39, 0.29) is 0 Å². The number of fused-ring (bicyclic) bond motifs is 3. The Hall–Kier alpha value is -0.820. The van der Waals surface area contributed by atoms with Gasteiger partial charge < -0.3 is 5.32 Å². The number of hydrogen-bond donors (Lipinski definition) is 1. The topological polar surface area (TPSA) is 12.0 Å². The Balaban J connectivity index is 1.99. The van der Waals surface area contributed by atoms with Gasteiger partial charge in [-0.2, -0.15) is 0 Å². The summed E-state index contributed by atoms with van der Waals surface area (Å²) in [7, 11) is 0. The van der Waals surface area contributed by atoms with E-state index in [0.717, 1.165) is 5.92 Å². The standard InChI is InChI=1S/C13H17N/c1-2-6-12-10(4-1)7-8-11-5-3-9-14-13(11)12/h1-2,4,6,11,13-14H,3,5,7-9H2. The zero-order valence-corrected chi connectivity index (χ0v) is 8.50. The van der Waals surface area contributed by atoms with Gasteiger partial charge in [0.1, 0.15) is 0 Å². The van der Waals surface area contributed by atoms with Gasteiger partial charge in [-0.3, -0.25) is 0 Å². The summed E-state index contributed by atoms with van der Waals surface area (Å²) >= 11 is 0. The molecule has 1 saturated heterocycles.